The summed E-state index contributed by atoms with van der Waals surface area (Å²) in [5.74, 6) is -1.25. The summed E-state index contributed by atoms with van der Waals surface area (Å²) in [6.45, 7) is 0. The van der Waals surface area contributed by atoms with E-state index in [0.717, 1.165) is 11.0 Å². The third kappa shape index (κ3) is 3.33. The summed E-state index contributed by atoms with van der Waals surface area (Å²) in [6.07, 6.45) is 0. The van der Waals surface area contributed by atoms with E-state index in [4.69, 9.17) is 11.1 Å². The molecule has 2 nitrogen and oxygen atoms in total. The van der Waals surface area contributed by atoms with Crippen LogP contribution < -0.4 is 5.73 Å². The van der Waals surface area contributed by atoms with Crippen molar-refractivity contribution >= 4 is 33.5 Å². The monoisotopic (exact) mass is 342 g/mol. The van der Waals surface area contributed by atoms with E-state index >= 15 is 0 Å². The molecule has 19 heavy (non-hydrogen) atoms. The van der Waals surface area contributed by atoms with Crippen LogP contribution in [0.3, 0.4) is 0 Å². The van der Waals surface area contributed by atoms with Crippen molar-refractivity contribution in [2.24, 2.45) is 5.73 Å². The predicted molar refractivity (Wildman–Crippen MR) is 75.6 cm³/mol. The lowest BCUT2D eigenvalue weighted by Gasteiger charge is -2.07. The van der Waals surface area contributed by atoms with Gasteiger partial charge in [0.2, 0.25) is 0 Å². The molecule has 0 atom stereocenters. The van der Waals surface area contributed by atoms with Gasteiger partial charge in [-0.1, -0.05) is 11.8 Å². The standard InChI is InChI=1S/C13H9BrF2N2S/c14-10-6-8(2-3-9(10)13(17)18)19-12-4-1-7(15)5-11(12)16/h1-6H,(H3,17,18). The maximum absolute atomic E-state index is 13.5. The van der Waals surface area contributed by atoms with Crippen LogP contribution in [0.2, 0.25) is 0 Å². The molecule has 0 unspecified atom stereocenters. The zero-order valence-corrected chi connectivity index (χ0v) is 12.0. The van der Waals surface area contributed by atoms with Crippen molar-refractivity contribution < 1.29 is 8.78 Å². The van der Waals surface area contributed by atoms with E-state index in [0.29, 0.717) is 14.9 Å². The number of hydrogen-bond donors (Lipinski definition) is 2. The molecule has 98 valence electrons. The second-order valence-electron chi connectivity index (χ2n) is 3.73. The lowest BCUT2D eigenvalue weighted by molar-refractivity contribution is 0.565. The van der Waals surface area contributed by atoms with Crippen LogP contribution in [-0.2, 0) is 0 Å². The van der Waals surface area contributed by atoms with Crippen LogP contribution in [0.15, 0.2) is 50.7 Å². The van der Waals surface area contributed by atoms with E-state index in [1.165, 1.54) is 23.9 Å². The maximum Gasteiger partial charge on any atom is 0.140 e. The van der Waals surface area contributed by atoms with Crippen LogP contribution in [0, 0.1) is 17.0 Å². The van der Waals surface area contributed by atoms with Gasteiger partial charge in [0.1, 0.15) is 17.5 Å². The Hall–Kier alpha value is -1.40. The summed E-state index contributed by atoms with van der Waals surface area (Å²) in [7, 11) is 0. The molecular weight excluding hydrogens is 334 g/mol. The molecule has 0 bridgehead atoms. The van der Waals surface area contributed by atoms with E-state index in [1.807, 2.05) is 0 Å². The highest BCUT2D eigenvalue weighted by atomic mass is 79.9. The van der Waals surface area contributed by atoms with E-state index in [-0.39, 0.29) is 5.84 Å². The van der Waals surface area contributed by atoms with Gasteiger partial charge in [-0.25, -0.2) is 8.78 Å². The molecule has 0 aliphatic heterocycles. The smallest absolute Gasteiger partial charge is 0.140 e. The molecule has 0 amide bonds. The third-order valence-corrected chi connectivity index (χ3v) is 4.05. The molecule has 2 aromatic carbocycles. The van der Waals surface area contributed by atoms with Gasteiger partial charge in [0.05, 0.1) is 0 Å². The number of amidine groups is 1. The van der Waals surface area contributed by atoms with Gasteiger partial charge < -0.3 is 5.73 Å². The molecule has 0 aliphatic carbocycles. The molecule has 0 heterocycles. The Bertz CT molecular complexity index is 647. The molecule has 0 spiro atoms. The first-order valence-electron chi connectivity index (χ1n) is 5.24. The zero-order valence-electron chi connectivity index (χ0n) is 9.58. The third-order valence-electron chi connectivity index (χ3n) is 2.35. The SMILES string of the molecule is N=C(N)c1ccc(Sc2ccc(F)cc2F)cc1Br. The summed E-state index contributed by atoms with van der Waals surface area (Å²) in [6, 6.07) is 8.60. The van der Waals surface area contributed by atoms with Crippen molar-refractivity contribution in [1.29, 1.82) is 5.41 Å². The van der Waals surface area contributed by atoms with Crippen molar-refractivity contribution in [2.75, 3.05) is 0 Å². The first-order valence-corrected chi connectivity index (χ1v) is 6.85. The summed E-state index contributed by atoms with van der Waals surface area (Å²) in [5, 5.41) is 7.36. The van der Waals surface area contributed by atoms with Crippen LogP contribution in [0.5, 0.6) is 0 Å². The second kappa shape index (κ2) is 5.71. The van der Waals surface area contributed by atoms with Crippen LogP contribution in [-0.4, -0.2) is 5.84 Å². The van der Waals surface area contributed by atoms with Crippen LogP contribution >= 0.6 is 27.7 Å². The maximum atomic E-state index is 13.5. The Morgan fingerprint density at radius 1 is 1.16 bits per heavy atom. The number of nitrogens with two attached hydrogens (primary N) is 1. The van der Waals surface area contributed by atoms with Crippen molar-refractivity contribution in [3.8, 4) is 0 Å². The zero-order chi connectivity index (χ0) is 14.0. The first-order chi connectivity index (χ1) is 8.97. The average molecular weight is 343 g/mol. The van der Waals surface area contributed by atoms with Gasteiger partial charge in [-0.3, -0.25) is 5.41 Å². The highest BCUT2D eigenvalue weighted by Crippen LogP contribution is 2.32. The number of benzene rings is 2. The molecular formula is C13H9BrF2N2S. The minimum Gasteiger partial charge on any atom is -0.384 e. The van der Waals surface area contributed by atoms with Gasteiger partial charge in [-0.2, -0.15) is 0 Å². The van der Waals surface area contributed by atoms with Crippen molar-refractivity contribution in [1.82, 2.24) is 0 Å². The van der Waals surface area contributed by atoms with Gasteiger partial charge in [-0.05, 0) is 46.3 Å². The Labute approximate surface area is 121 Å². The van der Waals surface area contributed by atoms with Gasteiger partial charge in [0, 0.05) is 25.9 Å². The van der Waals surface area contributed by atoms with Crippen molar-refractivity contribution in [2.45, 2.75) is 9.79 Å². The summed E-state index contributed by atoms with van der Waals surface area (Å²) in [5.41, 5.74) is 5.98. The highest BCUT2D eigenvalue weighted by molar-refractivity contribution is 9.10. The molecule has 3 N–H and O–H groups in total. The molecule has 0 aliphatic rings. The molecule has 0 aromatic heterocycles. The number of nitrogens with one attached hydrogen (secondary N) is 1. The fourth-order valence-corrected chi connectivity index (χ4v) is 3.07. The topological polar surface area (TPSA) is 49.9 Å². The van der Waals surface area contributed by atoms with E-state index in [1.54, 1.807) is 18.2 Å². The fourth-order valence-electron chi connectivity index (χ4n) is 1.46. The van der Waals surface area contributed by atoms with Crippen molar-refractivity contribution in [3.63, 3.8) is 0 Å². The lowest BCUT2D eigenvalue weighted by Crippen LogP contribution is -2.11. The first kappa shape index (κ1) is 14.0. The number of nitrogen functional groups attached to an aromatic ring is 1. The molecule has 2 rings (SSSR count). The molecule has 0 fully saturated rings. The van der Waals surface area contributed by atoms with Gasteiger partial charge in [-0.15, -0.1) is 0 Å². The second-order valence-corrected chi connectivity index (χ2v) is 5.70. The van der Waals surface area contributed by atoms with E-state index in [9.17, 15) is 8.78 Å². The summed E-state index contributed by atoms with van der Waals surface area (Å²) < 4.78 is 27.0. The quantitative estimate of drug-likeness (QED) is 0.649. The Balaban J connectivity index is 2.29. The predicted octanol–water partition coefficient (Wildman–Crippen LogP) is 4.16. The molecule has 2 aromatic rings. The molecule has 0 radical (unpaired) electrons. The van der Waals surface area contributed by atoms with Gasteiger partial charge >= 0.3 is 0 Å². The Kier molecular flexibility index (Phi) is 4.21. The molecule has 0 saturated carbocycles. The number of rotatable bonds is 3. The molecule has 6 heteroatoms. The van der Waals surface area contributed by atoms with Crippen LogP contribution in [0.1, 0.15) is 5.56 Å². The van der Waals surface area contributed by atoms with Crippen LogP contribution in [0.4, 0.5) is 8.78 Å². The van der Waals surface area contributed by atoms with Gasteiger partial charge in [0.15, 0.2) is 0 Å². The molecule has 0 saturated heterocycles. The summed E-state index contributed by atoms with van der Waals surface area (Å²) in [4.78, 5) is 1.10. The Morgan fingerprint density at radius 3 is 2.47 bits per heavy atom. The van der Waals surface area contributed by atoms with Crippen LogP contribution in [0.25, 0.3) is 0 Å². The van der Waals surface area contributed by atoms with E-state index < -0.39 is 11.6 Å². The van der Waals surface area contributed by atoms with Gasteiger partial charge in [0.25, 0.3) is 0 Å². The number of hydrogen-bond acceptors (Lipinski definition) is 2. The van der Waals surface area contributed by atoms with E-state index in [2.05, 4.69) is 15.9 Å². The number of halogens is 3. The summed E-state index contributed by atoms with van der Waals surface area (Å²) >= 11 is 4.48. The normalized spacial score (nSPS) is 10.5. The van der Waals surface area contributed by atoms with Crippen molar-refractivity contribution in [3.05, 3.63) is 58.1 Å². The minimum absolute atomic E-state index is 0.0450. The lowest BCUT2D eigenvalue weighted by atomic mass is 10.2. The highest BCUT2D eigenvalue weighted by Gasteiger charge is 2.08. The average Bonchev–Trinajstić information content (AvgIpc) is 2.32. The largest absolute Gasteiger partial charge is 0.384 e. The Morgan fingerprint density at radius 2 is 1.89 bits per heavy atom. The minimum atomic E-state index is -0.602. The fraction of sp³-hybridized carbons (Fsp3) is 0.